The highest BCUT2D eigenvalue weighted by Gasteiger charge is 2.35. The van der Waals surface area contributed by atoms with Crippen LogP contribution in [0.2, 0.25) is 0 Å². The summed E-state index contributed by atoms with van der Waals surface area (Å²) >= 11 is 0. The van der Waals surface area contributed by atoms with Crippen molar-refractivity contribution in [1.82, 2.24) is 20.3 Å². The Bertz CT molecular complexity index is 1220. The first-order chi connectivity index (χ1) is 14.8. The van der Waals surface area contributed by atoms with Crippen LogP contribution in [-0.2, 0) is 4.79 Å². The van der Waals surface area contributed by atoms with E-state index >= 15 is 0 Å². The van der Waals surface area contributed by atoms with E-state index in [1.165, 1.54) is 41.2 Å². The molecule has 1 aliphatic rings. The zero-order valence-corrected chi connectivity index (χ0v) is 16.3. The average molecular weight is 424 g/mol. The SMILES string of the molecule is CC(=O)Nc1ccc([N+](=O)[O-])c(C(=O)N2CCCN2C(=O)c2ccc3nonc3c2)c1. The summed E-state index contributed by atoms with van der Waals surface area (Å²) in [5.41, 5.74) is 0.727. The minimum atomic E-state index is -0.714. The van der Waals surface area contributed by atoms with Crippen molar-refractivity contribution in [1.29, 1.82) is 0 Å². The van der Waals surface area contributed by atoms with Gasteiger partial charge in [-0.25, -0.2) is 14.6 Å². The predicted molar refractivity (Wildman–Crippen MR) is 106 cm³/mol. The van der Waals surface area contributed by atoms with E-state index < -0.39 is 22.4 Å². The Morgan fingerprint density at radius 2 is 1.74 bits per heavy atom. The number of hydrogen-bond donors (Lipinski definition) is 1. The molecule has 2 heterocycles. The van der Waals surface area contributed by atoms with Gasteiger partial charge in [0.1, 0.15) is 16.6 Å². The molecule has 0 aliphatic carbocycles. The summed E-state index contributed by atoms with van der Waals surface area (Å²) < 4.78 is 4.63. The molecule has 1 N–H and O–H groups in total. The number of nitrogens with one attached hydrogen (secondary N) is 1. The summed E-state index contributed by atoms with van der Waals surface area (Å²) in [5.74, 6) is -1.56. The maximum Gasteiger partial charge on any atom is 0.282 e. The van der Waals surface area contributed by atoms with E-state index in [0.717, 1.165) is 6.07 Å². The largest absolute Gasteiger partial charge is 0.326 e. The number of nitro groups is 1. The number of fused-ring (bicyclic) bond motifs is 1. The first kappa shape index (κ1) is 19.9. The van der Waals surface area contributed by atoms with Crippen LogP contribution in [0.1, 0.15) is 34.1 Å². The molecule has 2 aromatic carbocycles. The van der Waals surface area contributed by atoms with E-state index in [-0.39, 0.29) is 35.8 Å². The summed E-state index contributed by atoms with van der Waals surface area (Å²) in [6, 6.07) is 8.32. The third-order valence-electron chi connectivity index (χ3n) is 4.74. The quantitative estimate of drug-likeness (QED) is 0.493. The van der Waals surface area contributed by atoms with Crippen LogP contribution in [0.5, 0.6) is 0 Å². The molecule has 12 heteroatoms. The molecule has 0 bridgehead atoms. The Labute approximate surface area is 174 Å². The first-order valence-electron chi connectivity index (χ1n) is 9.27. The van der Waals surface area contributed by atoms with Crippen LogP contribution in [-0.4, -0.2) is 56.1 Å². The molecule has 1 aromatic heterocycles. The fourth-order valence-electron chi connectivity index (χ4n) is 3.38. The van der Waals surface area contributed by atoms with Gasteiger partial charge in [-0.05, 0) is 47.1 Å². The number of hydrogen-bond acceptors (Lipinski definition) is 8. The molecular formula is C19H16N6O6. The van der Waals surface area contributed by atoms with Gasteiger partial charge in [0.05, 0.1) is 4.92 Å². The monoisotopic (exact) mass is 424 g/mol. The highest BCUT2D eigenvalue weighted by Crippen LogP contribution is 2.27. The highest BCUT2D eigenvalue weighted by molar-refractivity contribution is 6.03. The molecule has 1 aliphatic heterocycles. The van der Waals surface area contributed by atoms with Crippen LogP contribution in [0.15, 0.2) is 41.0 Å². The molecule has 31 heavy (non-hydrogen) atoms. The van der Waals surface area contributed by atoms with Crippen LogP contribution in [0.4, 0.5) is 11.4 Å². The summed E-state index contributed by atoms with van der Waals surface area (Å²) in [7, 11) is 0. The molecule has 12 nitrogen and oxygen atoms in total. The number of aromatic nitrogens is 2. The smallest absolute Gasteiger partial charge is 0.282 e. The van der Waals surface area contributed by atoms with Gasteiger partial charge < -0.3 is 5.32 Å². The lowest BCUT2D eigenvalue weighted by Gasteiger charge is -2.28. The van der Waals surface area contributed by atoms with Crippen molar-refractivity contribution in [3.05, 3.63) is 57.6 Å². The maximum absolute atomic E-state index is 13.2. The molecule has 3 aromatic rings. The van der Waals surface area contributed by atoms with E-state index in [0.29, 0.717) is 17.5 Å². The van der Waals surface area contributed by atoms with Crippen LogP contribution >= 0.6 is 0 Å². The Morgan fingerprint density at radius 3 is 2.45 bits per heavy atom. The Kier molecular flexibility index (Phi) is 5.03. The standard InChI is InChI=1S/C19H16N6O6/c1-11(26)20-13-4-6-17(25(29)30)14(10-13)19(28)24-8-2-7-23(24)18(27)12-3-5-15-16(9-12)22-31-21-15/h3-6,9-10H,2,7-8H2,1H3,(H,20,26). The molecule has 1 fully saturated rings. The van der Waals surface area contributed by atoms with Crippen LogP contribution in [0.25, 0.3) is 11.0 Å². The number of carbonyl (C=O) groups excluding carboxylic acids is 3. The van der Waals surface area contributed by atoms with E-state index in [9.17, 15) is 24.5 Å². The summed E-state index contributed by atoms with van der Waals surface area (Å²) in [6.07, 6.45) is 0.504. The minimum Gasteiger partial charge on any atom is -0.326 e. The van der Waals surface area contributed by atoms with Crippen LogP contribution in [0.3, 0.4) is 0 Å². The number of anilines is 1. The molecule has 1 saturated heterocycles. The molecule has 0 spiro atoms. The van der Waals surface area contributed by atoms with Crippen LogP contribution < -0.4 is 5.32 Å². The van der Waals surface area contributed by atoms with E-state index in [4.69, 9.17) is 0 Å². The number of rotatable bonds is 4. The van der Waals surface area contributed by atoms with Gasteiger partial charge in [0, 0.05) is 37.3 Å². The average Bonchev–Trinajstić information content (AvgIpc) is 3.40. The number of nitrogens with zero attached hydrogens (tertiary/aromatic N) is 5. The second-order valence-electron chi connectivity index (χ2n) is 6.85. The molecule has 158 valence electrons. The third kappa shape index (κ3) is 3.77. The summed E-state index contributed by atoms with van der Waals surface area (Å²) in [4.78, 5) is 48.4. The molecule has 0 radical (unpaired) electrons. The van der Waals surface area contributed by atoms with Gasteiger partial charge in [0.25, 0.3) is 17.5 Å². The van der Waals surface area contributed by atoms with E-state index in [1.54, 1.807) is 6.07 Å². The predicted octanol–water partition coefficient (Wildman–Crippen LogP) is 1.99. The van der Waals surface area contributed by atoms with Crippen molar-refractivity contribution in [2.75, 3.05) is 18.4 Å². The van der Waals surface area contributed by atoms with Gasteiger partial charge in [-0.2, -0.15) is 0 Å². The Morgan fingerprint density at radius 1 is 1.03 bits per heavy atom. The maximum atomic E-state index is 13.2. The van der Waals surface area contributed by atoms with Crippen molar-refractivity contribution in [3.8, 4) is 0 Å². The van der Waals surface area contributed by atoms with Gasteiger partial charge in [0.2, 0.25) is 5.91 Å². The second-order valence-corrected chi connectivity index (χ2v) is 6.85. The minimum absolute atomic E-state index is 0.208. The normalized spacial score (nSPS) is 13.5. The zero-order chi connectivity index (χ0) is 22.1. The highest BCUT2D eigenvalue weighted by atomic mass is 16.6. The fourth-order valence-corrected chi connectivity index (χ4v) is 3.38. The van der Waals surface area contributed by atoms with Crippen molar-refractivity contribution in [2.45, 2.75) is 13.3 Å². The lowest BCUT2D eigenvalue weighted by molar-refractivity contribution is -0.385. The van der Waals surface area contributed by atoms with E-state index in [1.807, 2.05) is 0 Å². The van der Waals surface area contributed by atoms with Gasteiger partial charge in [0.15, 0.2) is 0 Å². The second kappa shape index (κ2) is 7.82. The molecule has 4 rings (SSSR count). The fraction of sp³-hybridized carbons (Fsp3) is 0.211. The molecular weight excluding hydrogens is 408 g/mol. The number of hydrazine groups is 1. The van der Waals surface area contributed by atoms with Crippen molar-refractivity contribution in [3.63, 3.8) is 0 Å². The van der Waals surface area contributed by atoms with Crippen LogP contribution in [0, 0.1) is 10.1 Å². The van der Waals surface area contributed by atoms with Crippen molar-refractivity contribution >= 4 is 40.1 Å². The summed E-state index contributed by atoms with van der Waals surface area (Å²) in [6.45, 7) is 1.75. The Balaban J connectivity index is 1.66. The number of carbonyl (C=O) groups is 3. The lowest BCUT2D eigenvalue weighted by Crippen LogP contribution is -2.45. The van der Waals surface area contributed by atoms with Crippen molar-refractivity contribution in [2.24, 2.45) is 0 Å². The molecule has 0 atom stereocenters. The van der Waals surface area contributed by atoms with Gasteiger partial charge >= 0.3 is 0 Å². The Hall–Kier alpha value is -4.35. The van der Waals surface area contributed by atoms with Crippen molar-refractivity contribution < 1.29 is 23.9 Å². The van der Waals surface area contributed by atoms with E-state index in [2.05, 4.69) is 20.3 Å². The van der Waals surface area contributed by atoms with Gasteiger partial charge in [-0.15, -0.1) is 0 Å². The lowest BCUT2D eigenvalue weighted by atomic mass is 10.1. The summed E-state index contributed by atoms with van der Waals surface area (Å²) in [5, 5.41) is 23.8. The number of amides is 3. The number of nitro benzene ring substituents is 1. The molecule has 0 unspecified atom stereocenters. The number of benzene rings is 2. The van der Waals surface area contributed by atoms with Gasteiger partial charge in [-0.3, -0.25) is 24.5 Å². The molecule has 0 saturated carbocycles. The third-order valence-corrected chi connectivity index (χ3v) is 4.74. The topological polar surface area (TPSA) is 152 Å². The van der Waals surface area contributed by atoms with Gasteiger partial charge in [-0.1, -0.05) is 0 Å². The zero-order valence-electron chi connectivity index (χ0n) is 16.3. The first-order valence-corrected chi connectivity index (χ1v) is 9.27. The molecule has 3 amide bonds.